The lowest BCUT2D eigenvalue weighted by Gasteiger charge is -2.30. The Morgan fingerprint density at radius 3 is 2.28 bits per heavy atom. The molecule has 2 N–H and O–H groups in total. The highest BCUT2D eigenvalue weighted by Gasteiger charge is 2.24. The standard InChI is InChI=1S/C14H19Cl2NO/c15-12-5-13(16)7-14(6-12)17-8-10-3-1-2-4-11(10)9-18/h5-7,10-11,17-18H,1-4,8-9H2. The van der Waals surface area contributed by atoms with Crippen LogP contribution in [0, 0.1) is 11.8 Å². The molecule has 2 nitrogen and oxygen atoms in total. The molecule has 18 heavy (non-hydrogen) atoms. The lowest BCUT2D eigenvalue weighted by molar-refractivity contribution is 0.141. The summed E-state index contributed by atoms with van der Waals surface area (Å²) in [5.41, 5.74) is 0.953. The fourth-order valence-electron chi connectivity index (χ4n) is 2.70. The normalized spacial score (nSPS) is 23.9. The molecule has 0 aliphatic heterocycles. The van der Waals surface area contributed by atoms with Gasteiger partial charge in [-0.2, -0.15) is 0 Å². The molecule has 0 radical (unpaired) electrons. The summed E-state index contributed by atoms with van der Waals surface area (Å²) < 4.78 is 0. The molecule has 1 saturated carbocycles. The predicted molar refractivity (Wildman–Crippen MR) is 77.5 cm³/mol. The fourth-order valence-corrected chi connectivity index (χ4v) is 3.22. The van der Waals surface area contributed by atoms with E-state index in [1.807, 2.05) is 12.1 Å². The van der Waals surface area contributed by atoms with Crippen LogP contribution in [-0.2, 0) is 0 Å². The summed E-state index contributed by atoms with van der Waals surface area (Å²) in [5.74, 6) is 0.974. The minimum Gasteiger partial charge on any atom is -0.396 e. The Kier molecular flexibility index (Phi) is 5.16. The van der Waals surface area contributed by atoms with Gasteiger partial charge in [0.25, 0.3) is 0 Å². The van der Waals surface area contributed by atoms with Gasteiger partial charge in [-0.05, 0) is 42.9 Å². The molecule has 2 rings (SSSR count). The van der Waals surface area contributed by atoms with Crippen molar-refractivity contribution in [3.05, 3.63) is 28.2 Å². The number of hydrogen-bond acceptors (Lipinski definition) is 2. The van der Waals surface area contributed by atoms with Crippen LogP contribution in [0.5, 0.6) is 0 Å². The highest BCUT2D eigenvalue weighted by Crippen LogP contribution is 2.30. The zero-order valence-corrected chi connectivity index (χ0v) is 11.8. The molecule has 1 aromatic rings. The maximum Gasteiger partial charge on any atom is 0.0462 e. The summed E-state index contributed by atoms with van der Waals surface area (Å²) in [4.78, 5) is 0. The number of halogens is 2. The molecule has 2 atom stereocenters. The van der Waals surface area contributed by atoms with Gasteiger partial charge in [-0.15, -0.1) is 0 Å². The lowest BCUT2D eigenvalue weighted by Crippen LogP contribution is -2.28. The van der Waals surface area contributed by atoms with Gasteiger partial charge in [0.1, 0.15) is 0 Å². The topological polar surface area (TPSA) is 32.3 Å². The minimum atomic E-state index is 0.294. The van der Waals surface area contributed by atoms with Gasteiger partial charge in [0.05, 0.1) is 0 Å². The van der Waals surface area contributed by atoms with Crippen molar-refractivity contribution in [2.75, 3.05) is 18.5 Å². The van der Waals surface area contributed by atoms with Gasteiger partial charge in [-0.1, -0.05) is 36.0 Å². The monoisotopic (exact) mass is 287 g/mol. The van der Waals surface area contributed by atoms with E-state index in [0.29, 0.717) is 28.5 Å². The van der Waals surface area contributed by atoms with E-state index >= 15 is 0 Å². The molecule has 1 fully saturated rings. The Morgan fingerprint density at radius 1 is 1.06 bits per heavy atom. The number of rotatable bonds is 4. The Hall–Kier alpha value is -0.440. The van der Waals surface area contributed by atoms with Crippen molar-refractivity contribution in [3.63, 3.8) is 0 Å². The second-order valence-electron chi connectivity index (χ2n) is 5.03. The van der Waals surface area contributed by atoms with Crippen LogP contribution in [0.15, 0.2) is 18.2 Å². The third-order valence-corrected chi connectivity index (χ3v) is 4.17. The molecule has 100 valence electrons. The smallest absolute Gasteiger partial charge is 0.0462 e. The van der Waals surface area contributed by atoms with Gasteiger partial charge >= 0.3 is 0 Å². The van der Waals surface area contributed by atoms with Crippen molar-refractivity contribution in [1.82, 2.24) is 0 Å². The SMILES string of the molecule is OCC1CCCCC1CNc1cc(Cl)cc(Cl)c1. The van der Waals surface area contributed by atoms with Crippen molar-refractivity contribution in [3.8, 4) is 0 Å². The predicted octanol–water partition coefficient (Wildman–Crippen LogP) is 4.20. The van der Waals surface area contributed by atoms with Gasteiger partial charge in [-0.3, -0.25) is 0 Å². The average Bonchev–Trinajstić information content (AvgIpc) is 2.35. The van der Waals surface area contributed by atoms with Gasteiger partial charge < -0.3 is 10.4 Å². The Balaban J connectivity index is 1.93. The van der Waals surface area contributed by atoms with Crippen LogP contribution in [0.2, 0.25) is 10.0 Å². The van der Waals surface area contributed by atoms with Crippen LogP contribution in [0.3, 0.4) is 0 Å². The van der Waals surface area contributed by atoms with E-state index in [4.69, 9.17) is 23.2 Å². The van der Waals surface area contributed by atoms with Gasteiger partial charge in [0.2, 0.25) is 0 Å². The zero-order valence-electron chi connectivity index (χ0n) is 10.3. The largest absolute Gasteiger partial charge is 0.396 e. The van der Waals surface area contributed by atoms with E-state index in [1.165, 1.54) is 19.3 Å². The van der Waals surface area contributed by atoms with Gasteiger partial charge in [0, 0.05) is 28.9 Å². The molecule has 0 heterocycles. The first kappa shape index (κ1) is 14.0. The van der Waals surface area contributed by atoms with E-state index < -0.39 is 0 Å². The minimum absolute atomic E-state index is 0.294. The highest BCUT2D eigenvalue weighted by molar-refractivity contribution is 6.35. The van der Waals surface area contributed by atoms with Crippen molar-refractivity contribution < 1.29 is 5.11 Å². The van der Waals surface area contributed by atoms with E-state index in [1.54, 1.807) is 6.07 Å². The maximum absolute atomic E-state index is 9.38. The van der Waals surface area contributed by atoms with E-state index in [9.17, 15) is 5.11 Å². The Labute approximate surface area is 118 Å². The number of nitrogens with one attached hydrogen (secondary N) is 1. The molecule has 1 aliphatic rings. The number of benzene rings is 1. The Bertz CT molecular complexity index is 377. The fraction of sp³-hybridized carbons (Fsp3) is 0.571. The summed E-state index contributed by atoms with van der Waals surface area (Å²) in [6.45, 7) is 1.17. The molecular formula is C14H19Cl2NO. The van der Waals surface area contributed by atoms with E-state index in [2.05, 4.69) is 5.32 Å². The van der Waals surface area contributed by atoms with Crippen molar-refractivity contribution in [2.45, 2.75) is 25.7 Å². The van der Waals surface area contributed by atoms with Crippen LogP contribution in [0.4, 0.5) is 5.69 Å². The van der Waals surface area contributed by atoms with Crippen LogP contribution >= 0.6 is 23.2 Å². The van der Waals surface area contributed by atoms with Crippen LogP contribution in [-0.4, -0.2) is 18.3 Å². The van der Waals surface area contributed by atoms with Crippen molar-refractivity contribution in [1.29, 1.82) is 0 Å². The molecule has 0 amide bonds. The van der Waals surface area contributed by atoms with Gasteiger partial charge in [-0.25, -0.2) is 0 Å². The highest BCUT2D eigenvalue weighted by atomic mass is 35.5. The molecule has 0 aromatic heterocycles. The number of hydrogen-bond donors (Lipinski definition) is 2. The maximum atomic E-state index is 9.38. The number of aliphatic hydroxyl groups excluding tert-OH is 1. The van der Waals surface area contributed by atoms with Crippen LogP contribution in [0.25, 0.3) is 0 Å². The van der Waals surface area contributed by atoms with Gasteiger partial charge in [0.15, 0.2) is 0 Å². The first-order valence-electron chi connectivity index (χ1n) is 6.50. The van der Waals surface area contributed by atoms with Crippen molar-refractivity contribution >= 4 is 28.9 Å². The Morgan fingerprint density at radius 2 is 1.67 bits per heavy atom. The third-order valence-electron chi connectivity index (χ3n) is 3.73. The zero-order chi connectivity index (χ0) is 13.0. The van der Waals surface area contributed by atoms with Crippen molar-refractivity contribution in [2.24, 2.45) is 11.8 Å². The summed E-state index contributed by atoms with van der Waals surface area (Å²) in [5, 5.41) is 14.0. The second kappa shape index (κ2) is 6.65. The van der Waals surface area contributed by atoms with Crippen LogP contribution in [0.1, 0.15) is 25.7 Å². The number of aliphatic hydroxyl groups is 1. The molecular weight excluding hydrogens is 269 g/mol. The van der Waals surface area contributed by atoms with E-state index in [-0.39, 0.29) is 0 Å². The lowest BCUT2D eigenvalue weighted by atomic mass is 9.79. The molecule has 2 unspecified atom stereocenters. The molecule has 0 bridgehead atoms. The molecule has 1 aliphatic carbocycles. The molecule has 1 aromatic carbocycles. The third kappa shape index (κ3) is 3.78. The summed E-state index contributed by atoms with van der Waals surface area (Å²) in [7, 11) is 0. The summed E-state index contributed by atoms with van der Waals surface area (Å²) >= 11 is 11.9. The molecule has 0 saturated heterocycles. The average molecular weight is 288 g/mol. The summed E-state index contributed by atoms with van der Waals surface area (Å²) in [6, 6.07) is 5.49. The second-order valence-corrected chi connectivity index (χ2v) is 5.90. The molecule has 0 spiro atoms. The number of anilines is 1. The van der Waals surface area contributed by atoms with Crippen LogP contribution < -0.4 is 5.32 Å². The van der Waals surface area contributed by atoms with E-state index in [0.717, 1.165) is 18.7 Å². The quantitative estimate of drug-likeness (QED) is 0.870. The first-order valence-corrected chi connectivity index (χ1v) is 7.25. The summed E-state index contributed by atoms with van der Waals surface area (Å²) in [6.07, 6.45) is 4.83. The first-order chi connectivity index (χ1) is 8.69. The molecule has 4 heteroatoms.